The molecule has 1 aliphatic rings. The van der Waals surface area contributed by atoms with Crippen LogP contribution in [0.15, 0.2) is 30.3 Å². The Morgan fingerprint density at radius 3 is 2.16 bits per heavy atom. The summed E-state index contributed by atoms with van der Waals surface area (Å²) in [6.07, 6.45) is 2.53. The van der Waals surface area contributed by atoms with Crippen molar-refractivity contribution >= 4 is 27.0 Å². The van der Waals surface area contributed by atoms with E-state index in [9.17, 15) is 13.9 Å². The van der Waals surface area contributed by atoms with Gasteiger partial charge in [-0.3, -0.25) is 0 Å². The van der Waals surface area contributed by atoms with E-state index < -0.39 is 18.4 Å². The molecule has 5 heteroatoms. The lowest BCUT2D eigenvalue weighted by atomic mass is 9.93. The van der Waals surface area contributed by atoms with Crippen LogP contribution in [0.25, 0.3) is 0 Å². The van der Waals surface area contributed by atoms with E-state index in [1.807, 2.05) is 0 Å². The Morgan fingerprint density at radius 2 is 1.63 bits per heavy atom. The number of rotatable bonds is 4. The molecule has 0 aromatic heterocycles. The molecule has 1 nitrogen and oxygen atoms in total. The Labute approximate surface area is 127 Å². The summed E-state index contributed by atoms with van der Waals surface area (Å²) in [4.78, 5) is 0. The molecule has 0 radical (unpaired) electrons. The van der Waals surface area contributed by atoms with Crippen molar-refractivity contribution in [1.82, 2.24) is 0 Å². The Hall–Kier alpha value is -0.260. The number of hydrogen-bond donors (Lipinski definition) is 1. The number of hydrogen-bond acceptors (Lipinski definition) is 1. The summed E-state index contributed by atoms with van der Waals surface area (Å²) in [6, 6.07) is 7.76. The van der Waals surface area contributed by atoms with Crippen molar-refractivity contribution in [2.75, 3.05) is 0 Å². The first-order valence-corrected chi connectivity index (χ1v) is 6.21. The quantitative estimate of drug-likeness (QED) is 0.893. The van der Waals surface area contributed by atoms with Crippen LogP contribution in [0.5, 0.6) is 0 Å². The van der Waals surface area contributed by atoms with E-state index in [-0.39, 0.29) is 38.5 Å². The summed E-state index contributed by atoms with van der Waals surface area (Å²) in [5.74, 6) is -2.87. The van der Waals surface area contributed by atoms with Crippen molar-refractivity contribution < 1.29 is 13.9 Å². The summed E-state index contributed by atoms with van der Waals surface area (Å²) < 4.78 is 27.8. The first kappa shape index (κ1) is 18.7. The third-order valence-electron chi connectivity index (χ3n) is 3.61. The van der Waals surface area contributed by atoms with Crippen molar-refractivity contribution in [1.29, 1.82) is 0 Å². The fourth-order valence-corrected chi connectivity index (χ4v) is 2.57. The zero-order valence-corrected chi connectivity index (χ0v) is 12.8. The van der Waals surface area contributed by atoms with E-state index in [0.717, 1.165) is 25.7 Å². The monoisotopic (exact) mass is 308 g/mol. The highest BCUT2D eigenvalue weighted by molar-refractivity contribution is 7.59. The smallest absolute Gasteiger partial charge is 0.275 e. The van der Waals surface area contributed by atoms with Crippen LogP contribution in [0, 0.1) is 5.92 Å². The van der Waals surface area contributed by atoms with Gasteiger partial charge in [-0.15, -0.1) is 0 Å². The molecule has 0 amide bonds. The summed E-state index contributed by atoms with van der Waals surface area (Å²) in [7, 11) is 0. The van der Waals surface area contributed by atoms with Crippen LogP contribution in [0.4, 0.5) is 8.78 Å². The second-order valence-electron chi connectivity index (χ2n) is 4.89. The first-order chi connectivity index (χ1) is 8.09. The van der Waals surface area contributed by atoms with Gasteiger partial charge in [-0.05, 0) is 18.8 Å². The first-order valence-electron chi connectivity index (χ1n) is 6.21. The lowest BCUT2D eigenvalue weighted by molar-refractivity contribution is -0.0628. The predicted octanol–water partition coefficient (Wildman–Crippen LogP) is 3.95. The van der Waals surface area contributed by atoms with Crippen LogP contribution in [0.1, 0.15) is 37.7 Å². The third kappa shape index (κ3) is 4.97. The molecule has 1 atom stereocenters. The zero-order chi connectivity index (χ0) is 12.3. The molecule has 1 aromatic rings. The van der Waals surface area contributed by atoms with Crippen LogP contribution < -0.4 is 0 Å². The van der Waals surface area contributed by atoms with Crippen LogP contribution in [0.3, 0.4) is 0 Å². The van der Waals surface area contributed by atoms with Crippen LogP contribution in [-0.4, -0.2) is 11.2 Å². The van der Waals surface area contributed by atoms with E-state index in [1.165, 1.54) is 12.1 Å². The topological polar surface area (TPSA) is 20.2 Å². The molecule has 0 saturated heterocycles. The molecule has 0 aliphatic heterocycles. The average molecular weight is 308 g/mol. The maximum atomic E-state index is 13.9. The van der Waals surface area contributed by atoms with Crippen LogP contribution in [-0.2, 0) is 5.92 Å². The number of halogens is 2. The molecule has 1 N–H and O–H groups in total. The average Bonchev–Trinajstić information content (AvgIpc) is 2.83. The van der Waals surface area contributed by atoms with Gasteiger partial charge in [0.05, 0.1) is 6.10 Å². The molecular weight excluding hydrogens is 286 g/mol. The van der Waals surface area contributed by atoms with Gasteiger partial charge >= 0.3 is 0 Å². The maximum Gasteiger partial charge on any atom is 0.275 e. The Kier molecular flexibility index (Phi) is 8.01. The third-order valence-corrected chi connectivity index (χ3v) is 3.61. The Balaban J connectivity index is 0.00000162. The van der Waals surface area contributed by atoms with Crippen molar-refractivity contribution in [3.8, 4) is 0 Å². The minimum absolute atomic E-state index is 0. The van der Waals surface area contributed by atoms with E-state index >= 15 is 0 Å². The van der Waals surface area contributed by atoms with Crippen molar-refractivity contribution in [3.63, 3.8) is 0 Å². The van der Waals surface area contributed by atoms with Crippen molar-refractivity contribution in [2.24, 2.45) is 5.92 Å². The molecule has 0 heterocycles. The van der Waals surface area contributed by atoms with Crippen LogP contribution in [0.2, 0.25) is 0 Å². The van der Waals surface area contributed by atoms with Crippen molar-refractivity contribution in [3.05, 3.63) is 35.9 Å². The van der Waals surface area contributed by atoms with E-state index in [2.05, 4.69) is 0 Å². The van der Waals surface area contributed by atoms with Gasteiger partial charge in [0.25, 0.3) is 5.92 Å². The Morgan fingerprint density at radius 1 is 1.11 bits per heavy atom. The van der Waals surface area contributed by atoms with E-state index in [1.54, 1.807) is 18.2 Å². The molecule has 1 aliphatic carbocycles. The minimum atomic E-state index is -2.93. The normalized spacial score (nSPS) is 17.4. The second-order valence-corrected chi connectivity index (χ2v) is 4.89. The molecule has 110 valence electrons. The predicted molar refractivity (Wildman–Crippen MR) is 83.7 cm³/mol. The number of alkyl halides is 2. The van der Waals surface area contributed by atoms with Crippen LogP contribution >= 0.6 is 27.0 Å². The number of aliphatic hydroxyl groups is 1. The molecule has 1 aromatic carbocycles. The number of benzene rings is 1. The fraction of sp³-hybridized carbons (Fsp3) is 0.571. The van der Waals surface area contributed by atoms with Gasteiger partial charge in [-0.1, -0.05) is 43.2 Å². The van der Waals surface area contributed by atoms with Gasteiger partial charge in [0, 0.05) is 12.0 Å². The fourth-order valence-electron chi connectivity index (χ4n) is 2.57. The highest BCUT2D eigenvalue weighted by atomic mass is 32.1. The molecule has 0 spiro atoms. The largest absolute Gasteiger partial charge is 0.393 e. The summed E-state index contributed by atoms with van der Waals surface area (Å²) >= 11 is 0. The van der Waals surface area contributed by atoms with Crippen molar-refractivity contribution in [2.45, 2.75) is 44.1 Å². The van der Waals surface area contributed by atoms with E-state index in [4.69, 9.17) is 0 Å². The highest BCUT2D eigenvalue weighted by Crippen LogP contribution is 2.37. The lowest BCUT2D eigenvalue weighted by Gasteiger charge is -2.24. The molecule has 19 heavy (non-hydrogen) atoms. The molecule has 0 unspecified atom stereocenters. The number of aliphatic hydroxyl groups excluding tert-OH is 1. The highest BCUT2D eigenvalue weighted by Gasteiger charge is 2.37. The van der Waals surface area contributed by atoms with Gasteiger partial charge in [0.15, 0.2) is 0 Å². The second kappa shape index (κ2) is 8.12. The molecule has 1 saturated carbocycles. The summed E-state index contributed by atoms with van der Waals surface area (Å²) in [6.45, 7) is 0. The minimum Gasteiger partial charge on any atom is -0.393 e. The van der Waals surface area contributed by atoms with Gasteiger partial charge in [-0.2, -0.15) is 27.0 Å². The zero-order valence-electron chi connectivity index (χ0n) is 10.8. The summed E-state index contributed by atoms with van der Waals surface area (Å²) in [5.41, 5.74) is -0.00273. The van der Waals surface area contributed by atoms with Gasteiger partial charge in [0.2, 0.25) is 0 Å². The lowest BCUT2D eigenvalue weighted by Crippen LogP contribution is -2.27. The van der Waals surface area contributed by atoms with E-state index in [0.29, 0.717) is 0 Å². The Bertz CT molecular complexity index is 354. The van der Waals surface area contributed by atoms with Gasteiger partial charge in [-0.25, -0.2) is 8.78 Å². The molecule has 0 bridgehead atoms. The summed E-state index contributed by atoms with van der Waals surface area (Å²) in [5, 5.41) is 9.87. The molecule has 1 fully saturated rings. The maximum absolute atomic E-state index is 13.9. The molecule has 2 rings (SSSR count). The van der Waals surface area contributed by atoms with Gasteiger partial charge in [0.1, 0.15) is 0 Å². The molecular formula is C14H22F2OS2. The standard InChI is InChI=1S/C14H18F2O.2H2S/c15-14(16,12-8-2-1-3-9-12)10-13(17)11-6-4-5-7-11;;/h1-3,8-9,11,13,17H,4-7,10H2;2*1H2/t13-;;/m1../s1. The SMILES string of the molecule is O[C@H](CC(F)(F)c1ccccc1)C1CCCC1.S.S. The van der Waals surface area contributed by atoms with Gasteiger partial charge < -0.3 is 5.11 Å².